The summed E-state index contributed by atoms with van der Waals surface area (Å²) in [5.41, 5.74) is 0.498. The van der Waals surface area contributed by atoms with Crippen molar-refractivity contribution in [1.82, 2.24) is 5.32 Å². The van der Waals surface area contributed by atoms with E-state index in [9.17, 15) is 9.59 Å². The van der Waals surface area contributed by atoms with Crippen molar-refractivity contribution in [3.8, 4) is 0 Å². The van der Waals surface area contributed by atoms with Crippen LogP contribution in [0.15, 0.2) is 121 Å². The molecule has 4 aromatic carbocycles. The summed E-state index contributed by atoms with van der Waals surface area (Å²) in [6, 6.07) is 39.1. The van der Waals surface area contributed by atoms with E-state index in [0.29, 0.717) is 11.7 Å². The third-order valence-electron chi connectivity index (χ3n) is 6.39. The molecule has 37 heavy (non-hydrogen) atoms. The molecule has 0 bridgehead atoms. The average Bonchev–Trinajstić information content (AvgIpc) is 2.94. The second kappa shape index (κ2) is 11.6. The molecular weight excluding hydrogens is 592 g/mol. The Bertz CT molecular complexity index is 1230. The topological polar surface area (TPSA) is 55.4 Å². The summed E-state index contributed by atoms with van der Waals surface area (Å²) in [5.74, 6) is -0.741. The maximum absolute atomic E-state index is 13.6. The van der Waals surface area contributed by atoms with Crippen LogP contribution in [-0.4, -0.2) is 30.2 Å². The van der Waals surface area contributed by atoms with E-state index in [4.69, 9.17) is 4.74 Å². The molecule has 1 amide bonds. The zero-order chi connectivity index (χ0) is 26.3. The molecule has 0 saturated carbocycles. The van der Waals surface area contributed by atoms with Crippen molar-refractivity contribution in [2.45, 2.75) is 26.0 Å². The van der Waals surface area contributed by atoms with Gasteiger partial charge >= 0.3 is 233 Å². The Kier molecular flexibility index (Phi) is 8.46. The SMILES string of the molecule is CC(C)OC(=O)[C@@H](CP(I)(c1ccccc1)(c1ccccc1)c1ccccc1)NC(=O)c1ccccc1. The summed E-state index contributed by atoms with van der Waals surface area (Å²) in [6.45, 7) is 3.65. The van der Waals surface area contributed by atoms with Crippen LogP contribution in [0.3, 0.4) is 0 Å². The number of amides is 1. The molecular formula is C31H31INO3P. The number of ether oxygens (including phenoxy) is 1. The number of hydrogen-bond acceptors (Lipinski definition) is 3. The summed E-state index contributed by atoms with van der Waals surface area (Å²) in [4.78, 5) is 27.0. The minimum absolute atomic E-state index is 0.304. The fourth-order valence-electron chi connectivity index (χ4n) is 4.65. The van der Waals surface area contributed by atoms with Crippen molar-refractivity contribution < 1.29 is 14.3 Å². The average molecular weight is 623 g/mol. The fraction of sp³-hybridized carbons (Fsp3) is 0.161. The van der Waals surface area contributed by atoms with Crippen LogP contribution < -0.4 is 21.2 Å². The summed E-state index contributed by atoms with van der Waals surface area (Å²) < 4.78 is 2.37. The molecule has 0 aliphatic rings. The first-order valence-corrected chi connectivity index (χ1v) is 17.5. The second-order valence-electron chi connectivity index (χ2n) is 9.25. The van der Waals surface area contributed by atoms with Gasteiger partial charge < -0.3 is 0 Å². The summed E-state index contributed by atoms with van der Waals surface area (Å²) in [6.07, 6.45) is 0.0583. The Labute approximate surface area is 231 Å². The molecule has 0 heterocycles. The van der Waals surface area contributed by atoms with Gasteiger partial charge in [0.05, 0.1) is 0 Å². The third-order valence-corrected chi connectivity index (χ3v) is 17.8. The molecule has 0 aliphatic heterocycles. The van der Waals surface area contributed by atoms with Gasteiger partial charge in [-0.15, -0.1) is 0 Å². The maximum atomic E-state index is 13.6. The van der Waals surface area contributed by atoms with Crippen LogP contribution in [0.5, 0.6) is 0 Å². The first-order chi connectivity index (χ1) is 17.8. The number of esters is 1. The van der Waals surface area contributed by atoms with Gasteiger partial charge in [0.2, 0.25) is 0 Å². The number of nitrogens with one attached hydrogen (secondary N) is 1. The summed E-state index contributed by atoms with van der Waals surface area (Å²) in [5, 5.41) is 6.43. The van der Waals surface area contributed by atoms with Crippen LogP contribution in [0.4, 0.5) is 0 Å². The number of hydrogen-bond donors (Lipinski definition) is 1. The van der Waals surface area contributed by atoms with Crippen molar-refractivity contribution in [2.75, 3.05) is 6.16 Å². The standard InChI is InChI=1S/C31H31INO3P/c1-24(2)36-31(35)29(33-30(34)25-15-7-3-8-16-25)23-37(32,26-17-9-4-10-18-26,27-19-11-5-12-20-27)28-21-13-6-14-22-28/h3-22,24,29H,23H2,1-2H3,(H,33,34)/t29-/m1/s1. The quantitative estimate of drug-likeness (QED) is 0.150. The van der Waals surface area contributed by atoms with Crippen molar-refractivity contribution in [2.24, 2.45) is 0 Å². The molecule has 0 unspecified atom stereocenters. The Balaban J connectivity index is 1.94. The van der Waals surface area contributed by atoms with E-state index in [1.807, 2.05) is 86.6 Å². The Hall–Kier alpha value is -3.02. The van der Waals surface area contributed by atoms with Gasteiger partial charge in [0.1, 0.15) is 0 Å². The van der Waals surface area contributed by atoms with E-state index in [2.05, 4.69) is 63.8 Å². The minimum atomic E-state index is -3.34. The van der Waals surface area contributed by atoms with E-state index >= 15 is 0 Å². The number of benzene rings is 4. The van der Waals surface area contributed by atoms with Crippen molar-refractivity contribution in [3.05, 3.63) is 127 Å². The van der Waals surface area contributed by atoms with Crippen LogP contribution in [0.25, 0.3) is 0 Å². The van der Waals surface area contributed by atoms with Gasteiger partial charge in [-0.3, -0.25) is 0 Å². The van der Waals surface area contributed by atoms with Crippen molar-refractivity contribution in [1.29, 1.82) is 0 Å². The van der Waals surface area contributed by atoms with Crippen LogP contribution in [0, 0.1) is 0 Å². The molecule has 0 radical (unpaired) electrons. The van der Waals surface area contributed by atoms with E-state index in [0.717, 1.165) is 15.9 Å². The molecule has 0 fully saturated rings. The van der Waals surface area contributed by atoms with Gasteiger partial charge in [-0.25, -0.2) is 0 Å². The fourth-order valence-corrected chi connectivity index (χ4v) is 13.6. The van der Waals surface area contributed by atoms with Gasteiger partial charge in [0.25, 0.3) is 0 Å². The van der Waals surface area contributed by atoms with Crippen LogP contribution in [0.1, 0.15) is 24.2 Å². The molecule has 0 aliphatic carbocycles. The van der Waals surface area contributed by atoms with Crippen LogP contribution >= 0.6 is 26.3 Å². The zero-order valence-electron chi connectivity index (χ0n) is 21.0. The van der Waals surface area contributed by atoms with E-state index in [-0.39, 0.29) is 12.0 Å². The van der Waals surface area contributed by atoms with E-state index < -0.39 is 16.3 Å². The summed E-state index contributed by atoms with van der Waals surface area (Å²) >= 11 is 2.62. The predicted octanol–water partition coefficient (Wildman–Crippen LogP) is 5.62. The second-order valence-corrected chi connectivity index (χ2v) is 19.9. The molecule has 0 spiro atoms. The first kappa shape index (κ1) is 27.0. The van der Waals surface area contributed by atoms with Gasteiger partial charge in [0.15, 0.2) is 0 Å². The molecule has 0 saturated heterocycles. The number of halogens is 1. The molecule has 1 atom stereocenters. The van der Waals surface area contributed by atoms with Gasteiger partial charge in [-0.1, -0.05) is 0 Å². The summed E-state index contributed by atoms with van der Waals surface area (Å²) in [7, 11) is 0. The first-order valence-electron chi connectivity index (χ1n) is 12.3. The van der Waals surface area contributed by atoms with Crippen LogP contribution in [0.2, 0.25) is 0 Å². The van der Waals surface area contributed by atoms with Gasteiger partial charge in [-0.2, -0.15) is 0 Å². The molecule has 6 heteroatoms. The Morgan fingerprint density at radius 1 is 0.703 bits per heavy atom. The monoisotopic (exact) mass is 623 g/mol. The number of carbonyl (C=O) groups is 2. The zero-order valence-corrected chi connectivity index (χ0v) is 24.0. The van der Waals surface area contributed by atoms with E-state index in [1.165, 1.54) is 0 Å². The molecule has 1 N–H and O–H groups in total. The van der Waals surface area contributed by atoms with Gasteiger partial charge in [0, 0.05) is 0 Å². The third kappa shape index (κ3) is 5.63. The van der Waals surface area contributed by atoms with E-state index in [1.54, 1.807) is 12.1 Å². The normalized spacial score (nSPS) is 13.2. The van der Waals surface area contributed by atoms with Crippen LogP contribution in [-0.2, 0) is 9.53 Å². The molecule has 4 rings (SSSR count). The Morgan fingerprint density at radius 2 is 1.08 bits per heavy atom. The van der Waals surface area contributed by atoms with Gasteiger partial charge in [-0.05, 0) is 0 Å². The number of rotatable bonds is 9. The van der Waals surface area contributed by atoms with Crippen molar-refractivity contribution >= 4 is 54.1 Å². The number of carbonyl (C=O) groups excluding carboxylic acids is 2. The molecule has 4 nitrogen and oxygen atoms in total. The van der Waals surface area contributed by atoms with Crippen molar-refractivity contribution in [3.63, 3.8) is 0 Å². The molecule has 0 aromatic heterocycles. The molecule has 4 aromatic rings. The molecule has 190 valence electrons. The predicted molar refractivity (Wildman–Crippen MR) is 163 cm³/mol. The Morgan fingerprint density at radius 3 is 1.46 bits per heavy atom.